The Balaban J connectivity index is 1.46. The smallest absolute Gasteiger partial charge is 0.178 e. The van der Waals surface area contributed by atoms with Gasteiger partial charge in [-0.05, 0) is 104 Å². The van der Waals surface area contributed by atoms with Crippen LogP contribution in [0.4, 0.5) is 0 Å². The summed E-state index contributed by atoms with van der Waals surface area (Å²) >= 11 is 6.19. The zero-order valence-corrected chi connectivity index (χ0v) is 23.4. The van der Waals surface area contributed by atoms with E-state index >= 15 is 0 Å². The normalized spacial score (nSPS) is 34.2. The van der Waals surface area contributed by atoms with Gasteiger partial charge >= 0.3 is 0 Å². The maximum atomic E-state index is 13.0. The quantitative estimate of drug-likeness (QED) is 0.433. The van der Waals surface area contributed by atoms with Crippen LogP contribution in [0.3, 0.4) is 0 Å². The third-order valence-electron chi connectivity index (χ3n) is 9.33. The van der Waals surface area contributed by atoms with Gasteiger partial charge < -0.3 is 10.2 Å². The molecule has 2 N–H and O–H groups in total. The molecule has 4 nitrogen and oxygen atoms in total. The van der Waals surface area contributed by atoms with Gasteiger partial charge in [-0.3, -0.25) is 0 Å². The number of aliphatic hydroxyl groups is 2. The second-order valence-electron chi connectivity index (χ2n) is 11.7. The van der Waals surface area contributed by atoms with Crippen LogP contribution in [-0.2, 0) is 9.84 Å². The summed E-state index contributed by atoms with van der Waals surface area (Å²) in [6.45, 7) is 10.6. The van der Waals surface area contributed by atoms with Crippen molar-refractivity contribution in [2.24, 2.45) is 23.2 Å². The minimum Gasteiger partial charge on any atom is -0.393 e. The summed E-state index contributed by atoms with van der Waals surface area (Å²) in [4.78, 5) is 0.316. The third-order valence-corrected chi connectivity index (χ3v) is 11.5. The Morgan fingerprint density at radius 2 is 2.00 bits per heavy atom. The van der Waals surface area contributed by atoms with Crippen molar-refractivity contribution in [3.63, 3.8) is 0 Å². The predicted octanol–water partition coefficient (Wildman–Crippen LogP) is 6.59. The highest BCUT2D eigenvalue weighted by Crippen LogP contribution is 2.59. The van der Waals surface area contributed by atoms with Crippen LogP contribution in [0.5, 0.6) is 0 Å². The topological polar surface area (TPSA) is 74.6 Å². The van der Waals surface area contributed by atoms with Gasteiger partial charge in [0.1, 0.15) is 0 Å². The number of allylic oxidation sites excluding steroid dienone is 3. The van der Waals surface area contributed by atoms with Gasteiger partial charge in [-0.15, -0.1) is 0 Å². The van der Waals surface area contributed by atoms with Crippen molar-refractivity contribution >= 4 is 21.4 Å². The number of aliphatic hydroxyl groups excluding tert-OH is 2. The molecule has 0 spiro atoms. The molecular formula is C30H41ClO4S. The fraction of sp³-hybridized carbons (Fsp3) is 0.600. The molecule has 1 aromatic rings. The Labute approximate surface area is 222 Å². The van der Waals surface area contributed by atoms with Gasteiger partial charge in [0.05, 0.1) is 22.9 Å². The molecule has 6 atom stereocenters. The lowest BCUT2D eigenvalue weighted by Crippen LogP contribution is -2.36. The van der Waals surface area contributed by atoms with Gasteiger partial charge in [0.15, 0.2) is 9.84 Å². The van der Waals surface area contributed by atoms with E-state index in [2.05, 4.69) is 32.6 Å². The number of hydrogen-bond donors (Lipinski definition) is 2. The van der Waals surface area contributed by atoms with Crippen LogP contribution < -0.4 is 0 Å². The lowest BCUT2D eigenvalue weighted by Gasteiger charge is -2.44. The Hall–Kier alpha value is -1.40. The Morgan fingerprint density at radius 1 is 1.25 bits per heavy atom. The van der Waals surface area contributed by atoms with Crippen LogP contribution in [-0.4, -0.2) is 36.6 Å². The summed E-state index contributed by atoms with van der Waals surface area (Å²) in [5, 5.41) is 20.8. The van der Waals surface area contributed by atoms with Crippen molar-refractivity contribution in [3.05, 3.63) is 64.2 Å². The van der Waals surface area contributed by atoms with E-state index < -0.39 is 22.0 Å². The zero-order valence-electron chi connectivity index (χ0n) is 21.8. The minimum atomic E-state index is -3.37. The molecule has 3 saturated carbocycles. The summed E-state index contributed by atoms with van der Waals surface area (Å²) in [7, 11) is -3.37. The van der Waals surface area contributed by atoms with Gasteiger partial charge in [-0.2, -0.15) is 0 Å². The molecular weight excluding hydrogens is 492 g/mol. The average Bonchev–Trinajstić information content (AvgIpc) is 3.18. The number of hydrogen-bond acceptors (Lipinski definition) is 4. The molecule has 0 radical (unpaired) electrons. The zero-order chi connectivity index (χ0) is 26.3. The van der Waals surface area contributed by atoms with E-state index in [1.165, 1.54) is 12.0 Å². The van der Waals surface area contributed by atoms with Crippen molar-refractivity contribution in [1.82, 2.24) is 0 Å². The Bertz CT molecular complexity index is 1170. The largest absolute Gasteiger partial charge is 0.393 e. The number of halogens is 1. The highest BCUT2D eigenvalue weighted by atomic mass is 35.5. The van der Waals surface area contributed by atoms with Crippen LogP contribution in [0.15, 0.2) is 58.5 Å². The molecule has 0 bridgehead atoms. The molecule has 0 saturated heterocycles. The van der Waals surface area contributed by atoms with Crippen LogP contribution in [0, 0.1) is 30.1 Å². The first-order chi connectivity index (χ1) is 16.9. The van der Waals surface area contributed by atoms with E-state index in [4.69, 9.17) is 11.6 Å². The molecule has 36 heavy (non-hydrogen) atoms. The maximum absolute atomic E-state index is 13.0. The molecule has 0 aliphatic heterocycles. The monoisotopic (exact) mass is 532 g/mol. The molecule has 3 aliphatic carbocycles. The van der Waals surface area contributed by atoms with Crippen molar-refractivity contribution < 1.29 is 18.6 Å². The average molecular weight is 533 g/mol. The summed E-state index contributed by atoms with van der Waals surface area (Å²) in [6.07, 6.45) is 10.3. The molecule has 4 rings (SSSR count). The molecule has 6 heteroatoms. The molecule has 0 amide bonds. The fourth-order valence-electron chi connectivity index (χ4n) is 7.11. The molecule has 3 fully saturated rings. The van der Waals surface area contributed by atoms with Crippen molar-refractivity contribution in [2.75, 3.05) is 5.75 Å². The SMILES string of the molecule is C=C1/C(=C\C=C2/CCC[C@]3(C)[C@@H]([C@H](C)CCS(=O)(=O)c4ccc(C)c(Cl)c4)CC[C@@H]23)C[C@H](O)C[C@H]1O. The molecule has 0 aromatic heterocycles. The van der Waals surface area contributed by atoms with Gasteiger partial charge in [0.2, 0.25) is 0 Å². The van der Waals surface area contributed by atoms with Crippen molar-refractivity contribution in [2.45, 2.75) is 89.2 Å². The molecule has 1 aromatic carbocycles. The third kappa shape index (κ3) is 5.55. The summed E-state index contributed by atoms with van der Waals surface area (Å²) in [5.74, 6) is 1.45. The van der Waals surface area contributed by atoms with Gasteiger partial charge in [-0.1, -0.05) is 55.8 Å². The summed E-state index contributed by atoms with van der Waals surface area (Å²) < 4.78 is 26.0. The lowest BCUT2D eigenvalue weighted by molar-refractivity contribution is 0.0861. The van der Waals surface area contributed by atoms with Crippen molar-refractivity contribution in [1.29, 1.82) is 0 Å². The standard InChI is InChI=1S/C30H41ClO4S/c1-19(13-15-36(34,35)25-10-7-20(2)28(31)18-25)26-11-12-27-22(6-5-14-30(26,27)4)8-9-23-16-24(32)17-29(33)21(23)3/h7-10,18-19,24,26-27,29,32-33H,3,5-6,11-17H2,1-2,4H3/b22-8+,23-9-/t19-,24+,26-,27+,29-,30-/m1/s1. The lowest BCUT2D eigenvalue weighted by atomic mass is 9.61. The molecule has 0 unspecified atom stereocenters. The van der Waals surface area contributed by atoms with Crippen LogP contribution >= 0.6 is 11.6 Å². The minimum absolute atomic E-state index is 0.145. The number of fused-ring (bicyclic) bond motifs is 1. The Kier molecular flexibility index (Phi) is 8.26. The first-order valence-corrected chi connectivity index (χ1v) is 15.4. The highest BCUT2D eigenvalue weighted by Gasteiger charge is 2.50. The van der Waals surface area contributed by atoms with E-state index in [9.17, 15) is 18.6 Å². The van der Waals surface area contributed by atoms with E-state index in [0.717, 1.165) is 42.4 Å². The number of benzene rings is 1. The second kappa shape index (κ2) is 10.8. The fourth-order valence-corrected chi connectivity index (χ4v) is 8.84. The molecule has 198 valence electrons. The number of rotatable bonds is 6. The van der Waals surface area contributed by atoms with Crippen LogP contribution in [0.1, 0.15) is 70.8 Å². The van der Waals surface area contributed by atoms with Gasteiger partial charge in [0, 0.05) is 11.4 Å². The van der Waals surface area contributed by atoms with Gasteiger partial charge in [-0.25, -0.2) is 8.42 Å². The van der Waals surface area contributed by atoms with E-state index in [1.54, 1.807) is 18.2 Å². The van der Waals surface area contributed by atoms with Gasteiger partial charge in [0.25, 0.3) is 0 Å². The molecule has 3 aliphatic rings. The number of sulfone groups is 1. The van der Waals surface area contributed by atoms with Crippen molar-refractivity contribution in [3.8, 4) is 0 Å². The molecule has 0 heterocycles. The maximum Gasteiger partial charge on any atom is 0.178 e. The first kappa shape index (κ1) is 27.6. The first-order valence-electron chi connectivity index (χ1n) is 13.4. The number of aryl methyl sites for hydroxylation is 1. The van der Waals surface area contributed by atoms with E-state index in [1.807, 2.05) is 6.92 Å². The van der Waals surface area contributed by atoms with E-state index in [-0.39, 0.29) is 11.2 Å². The highest BCUT2D eigenvalue weighted by molar-refractivity contribution is 7.91. The summed E-state index contributed by atoms with van der Waals surface area (Å²) in [6, 6.07) is 5.02. The predicted molar refractivity (Wildman–Crippen MR) is 147 cm³/mol. The Morgan fingerprint density at radius 3 is 2.72 bits per heavy atom. The van der Waals surface area contributed by atoms with Crippen LogP contribution in [0.25, 0.3) is 0 Å². The van der Waals surface area contributed by atoms with Crippen LogP contribution in [0.2, 0.25) is 5.02 Å². The summed E-state index contributed by atoms with van der Waals surface area (Å²) in [5.41, 5.74) is 4.18. The second-order valence-corrected chi connectivity index (χ2v) is 14.2. The van der Waals surface area contributed by atoms with E-state index in [0.29, 0.717) is 46.9 Å².